The number of rotatable bonds is 3. The van der Waals surface area contributed by atoms with Gasteiger partial charge in [0, 0.05) is 31.5 Å². The van der Waals surface area contributed by atoms with Crippen molar-refractivity contribution in [3.63, 3.8) is 0 Å². The fourth-order valence-electron chi connectivity index (χ4n) is 3.47. The Morgan fingerprint density at radius 2 is 2.12 bits per heavy atom. The Morgan fingerprint density at radius 1 is 1.38 bits per heavy atom. The lowest BCUT2D eigenvalue weighted by Crippen LogP contribution is -2.51. The Kier molecular flexibility index (Phi) is 4.60. The smallest absolute Gasteiger partial charge is 0.319 e. The van der Waals surface area contributed by atoms with Gasteiger partial charge in [0.2, 0.25) is 0 Å². The van der Waals surface area contributed by atoms with Gasteiger partial charge in [0.1, 0.15) is 5.82 Å². The van der Waals surface area contributed by atoms with Crippen molar-refractivity contribution in [2.75, 3.05) is 16.8 Å². The zero-order valence-electron chi connectivity index (χ0n) is 14.1. The molecule has 1 aromatic rings. The van der Waals surface area contributed by atoms with Gasteiger partial charge in [-0.3, -0.25) is 0 Å². The number of pyridine rings is 1. The topological polar surface area (TPSA) is 57.3 Å². The number of nitrogens with zero attached hydrogens (tertiary/aromatic N) is 2. The van der Waals surface area contributed by atoms with Crippen molar-refractivity contribution in [2.45, 2.75) is 64.0 Å². The summed E-state index contributed by atoms with van der Waals surface area (Å²) in [5.41, 5.74) is 1.57. The van der Waals surface area contributed by atoms with Gasteiger partial charge in [-0.15, -0.1) is 0 Å². The lowest BCUT2D eigenvalue weighted by Gasteiger charge is -2.35. The summed E-state index contributed by atoms with van der Waals surface area (Å²) in [4.78, 5) is 18.7. The fraction of sp³-hybridized carbons (Fsp3) is 0.647. The maximum Gasteiger partial charge on any atom is 0.319 e. The highest BCUT2D eigenvalue weighted by atomic mass is 19.3. The normalized spacial score (nSPS) is 23.5. The highest BCUT2D eigenvalue weighted by Crippen LogP contribution is 2.37. The van der Waals surface area contributed by atoms with Crippen LogP contribution in [0.5, 0.6) is 0 Å². The van der Waals surface area contributed by atoms with E-state index in [-0.39, 0.29) is 12.8 Å². The van der Waals surface area contributed by atoms with E-state index >= 15 is 0 Å². The van der Waals surface area contributed by atoms with Crippen LogP contribution in [0.15, 0.2) is 12.3 Å². The summed E-state index contributed by atoms with van der Waals surface area (Å²) in [5.74, 6) is -1.69. The molecular formula is C17H24F2N4O. The molecule has 2 aliphatic rings. The number of nitrogens with one attached hydrogen (secondary N) is 2. The van der Waals surface area contributed by atoms with Crippen LogP contribution in [-0.2, 0) is 0 Å². The third kappa shape index (κ3) is 3.76. The van der Waals surface area contributed by atoms with Crippen molar-refractivity contribution in [2.24, 2.45) is 0 Å². The largest absolute Gasteiger partial charge is 0.354 e. The molecule has 24 heavy (non-hydrogen) atoms. The van der Waals surface area contributed by atoms with Crippen LogP contribution in [0, 0.1) is 6.92 Å². The number of hydrogen-bond donors (Lipinski definition) is 2. The highest BCUT2D eigenvalue weighted by Gasteiger charge is 2.45. The minimum Gasteiger partial charge on any atom is -0.354 e. The first-order valence-electron chi connectivity index (χ1n) is 8.53. The lowest BCUT2D eigenvalue weighted by atomic mass is 9.88. The first kappa shape index (κ1) is 16.9. The number of alkyl halides is 2. The Labute approximate surface area is 140 Å². The number of anilines is 2. The second-order valence-electron chi connectivity index (χ2n) is 6.96. The zero-order chi connectivity index (χ0) is 17.3. The van der Waals surface area contributed by atoms with Crippen molar-refractivity contribution in [3.05, 3.63) is 17.8 Å². The van der Waals surface area contributed by atoms with Crippen molar-refractivity contribution >= 4 is 17.5 Å². The highest BCUT2D eigenvalue weighted by molar-refractivity contribution is 5.89. The average Bonchev–Trinajstić information content (AvgIpc) is 2.46. The van der Waals surface area contributed by atoms with Crippen LogP contribution in [-0.4, -0.2) is 35.6 Å². The van der Waals surface area contributed by atoms with E-state index in [0.717, 1.165) is 24.3 Å². The number of aryl methyl sites for hydroxylation is 1. The summed E-state index contributed by atoms with van der Waals surface area (Å²) < 4.78 is 25.6. The summed E-state index contributed by atoms with van der Waals surface area (Å²) in [7, 11) is 0. The van der Waals surface area contributed by atoms with Gasteiger partial charge < -0.3 is 15.5 Å². The van der Waals surface area contributed by atoms with Crippen LogP contribution < -0.4 is 15.5 Å². The monoisotopic (exact) mass is 338 g/mol. The number of amides is 2. The molecule has 2 heterocycles. The summed E-state index contributed by atoms with van der Waals surface area (Å²) in [6, 6.07) is 1.42. The zero-order valence-corrected chi connectivity index (χ0v) is 14.1. The van der Waals surface area contributed by atoms with Gasteiger partial charge in [-0.2, -0.15) is 0 Å². The molecule has 1 aliphatic carbocycles. The van der Waals surface area contributed by atoms with Gasteiger partial charge in [0.05, 0.1) is 11.9 Å². The predicted octanol–water partition coefficient (Wildman–Crippen LogP) is 3.69. The molecule has 0 bridgehead atoms. The summed E-state index contributed by atoms with van der Waals surface area (Å²) in [6.07, 6.45) is 4.62. The second kappa shape index (κ2) is 6.53. The quantitative estimate of drug-likeness (QED) is 0.884. The molecule has 1 saturated carbocycles. The van der Waals surface area contributed by atoms with E-state index in [0.29, 0.717) is 11.7 Å². The molecule has 0 aromatic carbocycles. The van der Waals surface area contributed by atoms with Crippen molar-refractivity contribution in [3.8, 4) is 0 Å². The first-order valence-corrected chi connectivity index (χ1v) is 8.53. The van der Waals surface area contributed by atoms with Crippen molar-refractivity contribution in [1.82, 2.24) is 10.3 Å². The Hall–Kier alpha value is -1.92. The Bertz CT molecular complexity index is 615. The molecule has 2 fully saturated rings. The molecule has 2 amide bonds. The molecule has 1 unspecified atom stereocenters. The van der Waals surface area contributed by atoms with Crippen molar-refractivity contribution < 1.29 is 13.6 Å². The first-order chi connectivity index (χ1) is 11.3. The minimum absolute atomic E-state index is 0.288. The number of halogens is 2. The summed E-state index contributed by atoms with van der Waals surface area (Å²) in [5, 5.41) is 5.23. The molecule has 0 spiro atoms. The van der Waals surface area contributed by atoms with Crippen LogP contribution in [0.3, 0.4) is 0 Å². The third-order valence-electron chi connectivity index (χ3n) is 4.81. The molecule has 1 saturated heterocycles. The van der Waals surface area contributed by atoms with Gasteiger partial charge in [-0.25, -0.2) is 18.6 Å². The Balaban J connectivity index is 1.59. The number of hydrogen-bond acceptors (Lipinski definition) is 3. The van der Waals surface area contributed by atoms with E-state index in [1.807, 2.05) is 13.0 Å². The van der Waals surface area contributed by atoms with E-state index in [1.165, 1.54) is 12.8 Å². The van der Waals surface area contributed by atoms with Gasteiger partial charge in [0.25, 0.3) is 5.92 Å². The SMILES string of the molecule is Cc1cc(NC(=O)NC2CC(F)(F)C2)cnc1N1CCCCC1C. The van der Waals surface area contributed by atoms with Crippen LogP contribution in [0.1, 0.15) is 44.6 Å². The van der Waals surface area contributed by atoms with E-state index in [4.69, 9.17) is 0 Å². The van der Waals surface area contributed by atoms with Gasteiger partial charge in [-0.05, 0) is 44.7 Å². The van der Waals surface area contributed by atoms with Gasteiger partial charge in [0.15, 0.2) is 0 Å². The molecule has 1 aliphatic heterocycles. The van der Waals surface area contributed by atoms with Gasteiger partial charge in [-0.1, -0.05) is 0 Å². The van der Waals surface area contributed by atoms with Crippen LogP contribution in [0.4, 0.5) is 25.1 Å². The molecular weight excluding hydrogens is 314 g/mol. The molecule has 132 valence electrons. The molecule has 5 nitrogen and oxygen atoms in total. The molecule has 2 N–H and O–H groups in total. The molecule has 0 radical (unpaired) electrons. The maximum atomic E-state index is 12.8. The number of carbonyl (C=O) groups is 1. The fourth-order valence-corrected chi connectivity index (χ4v) is 3.47. The van der Waals surface area contributed by atoms with Crippen LogP contribution in [0.2, 0.25) is 0 Å². The summed E-state index contributed by atoms with van der Waals surface area (Å²) >= 11 is 0. The van der Waals surface area contributed by atoms with E-state index in [9.17, 15) is 13.6 Å². The predicted molar refractivity (Wildman–Crippen MR) is 89.8 cm³/mol. The van der Waals surface area contributed by atoms with E-state index < -0.39 is 18.0 Å². The lowest BCUT2D eigenvalue weighted by molar-refractivity contribution is -0.0893. The van der Waals surface area contributed by atoms with Gasteiger partial charge >= 0.3 is 6.03 Å². The number of piperidine rings is 1. The average molecular weight is 338 g/mol. The minimum atomic E-state index is -2.64. The standard InChI is InChI=1S/C17H24F2N4O/c1-11-7-13(21-16(24)22-14-8-17(18,19)9-14)10-20-15(11)23-6-4-3-5-12(23)2/h7,10,12,14H,3-6,8-9H2,1-2H3,(H2,21,22,24). The van der Waals surface area contributed by atoms with Crippen LogP contribution >= 0.6 is 0 Å². The summed E-state index contributed by atoms with van der Waals surface area (Å²) in [6.45, 7) is 5.17. The Morgan fingerprint density at radius 3 is 2.75 bits per heavy atom. The third-order valence-corrected chi connectivity index (χ3v) is 4.81. The molecule has 1 aromatic heterocycles. The molecule has 1 atom stereocenters. The van der Waals surface area contributed by atoms with Crippen molar-refractivity contribution in [1.29, 1.82) is 0 Å². The van der Waals surface area contributed by atoms with E-state index in [1.54, 1.807) is 6.20 Å². The van der Waals surface area contributed by atoms with Crippen LogP contribution in [0.25, 0.3) is 0 Å². The number of urea groups is 1. The number of aromatic nitrogens is 1. The molecule has 3 rings (SSSR count). The van der Waals surface area contributed by atoms with E-state index in [2.05, 4.69) is 27.4 Å². The maximum absolute atomic E-state index is 12.8. The molecule has 7 heteroatoms. The second-order valence-corrected chi connectivity index (χ2v) is 6.96. The number of carbonyl (C=O) groups excluding carboxylic acids is 1.